The zero-order valence-electron chi connectivity index (χ0n) is 45.5. The van der Waals surface area contributed by atoms with Gasteiger partial charge in [0.1, 0.15) is 11.1 Å². The van der Waals surface area contributed by atoms with Gasteiger partial charge in [-0.1, -0.05) is 224 Å². The molecular formula is C75H46N8O2. The Kier molecular flexibility index (Phi) is 11.8. The SMILES string of the molecule is O=c1oc2c(-c3ccc(-n4c5ccccc5c5ccccc54)cc3)ccc(-c3ccc(-n4c5ccccc5c5ccccc54)cc3)c2c(-c2nc(-c3ccccc3)nc(-c3ccccc3)n2)c1-c1nc(-c2ccccc2)nc(-c2ccccc2)n1. The molecule has 85 heavy (non-hydrogen) atoms. The molecule has 0 radical (unpaired) electrons. The molecule has 5 heterocycles. The van der Waals surface area contributed by atoms with E-state index < -0.39 is 5.63 Å². The van der Waals surface area contributed by atoms with Crippen molar-refractivity contribution >= 4 is 54.6 Å². The van der Waals surface area contributed by atoms with E-state index >= 15 is 4.79 Å². The second kappa shape index (κ2) is 20.4. The van der Waals surface area contributed by atoms with Gasteiger partial charge in [0.2, 0.25) is 0 Å². The minimum absolute atomic E-state index is 0.0653. The first-order valence-electron chi connectivity index (χ1n) is 28.1. The molecule has 0 saturated heterocycles. The molecule has 0 aliphatic heterocycles. The molecule has 0 N–H and O–H groups in total. The minimum Gasteiger partial charge on any atom is -0.421 e. The smallest absolute Gasteiger partial charge is 0.348 e. The lowest BCUT2D eigenvalue weighted by atomic mass is 9.90. The van der Waals surface area contributed by atoms with Crippen molar-refractivity contribution in [1.29, 1.82) is 0 Å². The highest BCUT2D eigenvalue weighted by Gasteiger charge is 2.29. The summed E-state index contributed by atoms with van der Waals surface area (Å²) in [6.45, 7) is 0. The quantitative estimate of drug-likeness (QED) is 0.124. The van der Waals surface area contributed by atoms with Crippen molar-refractivity contribution in [2.75, 3.05) is 0 Å². The van der Waals surface area contributed by atoms with Crippen LogP contribution in [0.4, 0.5) is 0 Å². The fourth-order valence-electron chi connectivity index (χ4n) is 12.0. The fraction of sp³-hybridized carbons (Fsp3) is 0. The van der Waals surface area contributed by atoms with Gasteiger partial charge in [0.05, 0.1) is 22.1 Å². The molecule has 16 rings (SSSR count). The van der Waals surface area contributed by atoms with E-state index in [2.05, 4.69) is 161 Å². The largest absolute Gasteiger partial charge is 0.421 e. The highest BCUT2D eigenvalue weighted by molar-refractivity contribution is 6.13. The lowest BCUT2D eigenvalue weighted by molar-refractivity contribution is 0.564. The fourth-order valence-corrected chi connectivity index (χ4v) is 12.0. The summed E-state index contributed by atoms with van der Waals surface area (Å²) >= 11 is 0. The van der Waals surface area contributed by atoms with Crippen LogP contribution in [0.15, 0.2) is 288 Å². The lowest BCUT2D eigenvalue weighted by Crippen LogP contribution is -2.13. The first-order valence-corrected chi connectivity index (χ1v) is 28.1. The van der Waals surface area contributed by atoms with Gasteiger partial charge in [-0.05, 0) is 71.3 Å². The summed E-state index contributed by atoms with van der Waals surface area (Å²) in [5, 5.41) is 5.27. The summed E-state index contributed by atoms with van der Waals surface area (Å²) in [6.07, 6.45) is 0. The molecule has 10 heteroatoms. The molecule has 0 aliphatic carbocycles. The van der Waals surface area contributed by atoms with Crippen molar-refractivity contribution in [2.45, 2.75) is 0 Å². The Hall–Kier alpha value is -11.8. The molecule has 5 aromatic heterocycles. The topological polar surface area (TPSA) is 117 Å². The summed E-state index contributed by atoms with van der Waals surface area (Å²) in [5.41, 5.74) is 12.6. The average Bonchev–Trinajstić information content (AvgIpc) is 1.50. The van der Waals surface area contributed by atoms with Crippen molar-refractivity contribution < 1.29 is 4.42 Å². The number of rotatable bonds is 10. The van der Waals surface area contributed by atoms with E-state index in [0.29, 0.717) is 45.4 Å². The normalized spacial score (nSPS) is 11.6. The number of para-hydroxylation sites is 4. The highest BCUT2D eigenvalue weighted by atomic mass is 16.4. The van der Waals surface area contributed by atoms with Crippen molar-refractivity contribution in [3.8, 4) is 102 Å². The van der Waals surface area contributed by atoms with Crippen LogP contribution < -0.4 is 5.63 Å². The van der Waals surface area contributed by atoms with Crippen molar-refractivity contribution in [2.24, 2.45) is 0 Å². The Morgan fingerprint density at radius 2 is 0.553 bits per heavy atom. The van der Waals surface area contributed by atoms with E-state index in [1.807, 2.05) is 127 Å². The minimum atomic E-state index is -0.684. The van der Waals surface area contributed by atoms with E-state index in [9.17, 15) is 0 Å². The summed E-state index contributed by atoms with van der Waals surface area (Å²) in [6, 6.07) is 94.2. The van der Waals surface area contributed by atoms with Crippen LogP contribution in [0.2, 0.25) is 0 Å². The van der Waals surface area contributed by atoms with E-state index in [0.717, 1.165) is 72.4 Å². The predicted octanol–water partition coefficient (Wildman–Crippen LogP) is 17.7. The zero-order chi connectivity index (χ0) is 56.4. The van der Waals surface area contributed by atoms with Gasteiger partial charge in [0, 0.05) is 71.7 Å². The third kappa shape index (κ3) is 8.46. The molecule has 0 amide bonds. The van der Waals surface area contributed by atoms with Crippen LogP contribution in [0.3, 0.4) is 0 Å². The Morgan fingerprint density at radius 3 is 0.918 bits per heavy atom. The predicted molar refractivity (Wildman–Crippen MR) is 341 cm³/mol. The van der Waals surface area contributed by atoms with Gasteiger partial charge >= 0.3 is 5.63 Å². The number of hydrogen-bond donors (Lipinski definition) is 0. The third-order valence-electron chi connectivity index (χ3n) is 15.9. The van der Waals surface area contributed by atoms with Gasteiger partial charge < -0.3 is 13.6 Å². The summed E-state index contributed by atoms with van der Waals surface area (Å²) in [4.78, 5) is 47.3. The summed E-state index contributed by atoms with van der Waals surface area (Å²) in [7, 11) is 0. The molecule has 0 atom stereocenters. The second-order valence-corrected chi connectivity index (χ2v) is 20.9. The lowest BCUT2D eigenvalue weighted by Gasteiger charge is -2.18. The second-order valence-electron chi connectivity index (χ2n) is 20.9. The first-order chi connectivity index (χ1) is 42.1. The van der Waals surface area contributed by atoms with Crippen LogP contribution in [0.1, 0.15) is 0 Å². The Balaban J connectivity index is 1.00. The summed E-state index contributed by atoms with van der Waals surface area (Å²) < 4.78 is 11.5. The van der Waals surface area contributed by atoms with Crippen LogP contribution in [-0.4, -0.2) is 39.0 Å². The standard InChI is InChI=1S/C75H46N8O2/c84-75-67(74-80-71(51-25-9-3-10-26-51)77-72(81-74)52-27-11-4-12-28-52)66(73-78-69(49-21-5-1-6-22-49)76-70(79-73)50-23-7-2-8-24-50)65-55(47-37-41-53(42-38-47)82-61-33-17-13-29-57(61)58-30-14-18-34-62(58)82)45-46-56(68(65)85-75)48-39-43-54(44-40-48)83-63-35-19-15-31-59(63)60-32-16-20-36-64(60)83/h1-46H. The molecular weight excluding hydrogens is 1040 g/mol. The number of benzene rings is 11. The van der Waals surface area contributed by atoms with Crippen LogP contribution in [0.5, 0.6) is 0 Å². The van der Waals surface area contributed by atoms with Gasteiger partial charge in [0.25, 0.3) is 0 Å². The van der Waals surface area contributed by atoms with Gasteiger partial charge in [-0.25, -0.2) is 34.7 Å². The maximum absolute atomic E-state index is 16.0. The molecule has 0 unspecified atom stereocenters. The van der Waals surface area contributed by atoms with Crippen molar-refractivity contribution in [3.63, 3.8) is 0 Å². The molecule has 10 nitrogen and oxygen atoms in total. The van der Waals surface area contributed by atoms with Gasteiger partial charge in [-0.2, -0.15) is 0 Å². The van der Waals surface area contributed by atoms with Gasteiger partial charge in [-0.3, -0.25) is 0 Å². The Morgan fingerprint density at radius 1 is 0.259 bits per heavy atom. The van der Waals surface area contributed by atoms with Gasteiger partial charge in [0.15, 0.2) is 34.9 Å². The molecule has 0 bridgehead atoms. The van der Waals surface area contributed by atoms with Crippen molar-refractivity contribution in [1.82, 2.24) is 39.0 Å². The Labute approximate surface area is 487 Å². The van der Waals surface area contributed by atoms with Crippen LogP contribution in [0, 0.1) is 0 Å². The molecule has 398 valence electrons. The maximum atomic E-state index is 16.0. The number of nitrogens with zero attached hydrogens (tertiary/aromatic N) is 8. The molecule has 11 aromatic carbocycles. The van der Waals surface area contributed by atoms with Gasteiger partial charge in [-0.15, -0.1) is 0 Å². The third-order valence-corrected chi connectivity index (χ3v) is 15.9. The van der Waals surface area contributed by atoms with Crippen molar-refractivity contribution in [3.05, 3.63) is 289 Å². The van der Waals surface area contributed by atoms with Crippen LogP contribution in [0.25, 0.3) is 157 Å². The maximum Gasteiger partial charge on any atom is 0.348 e. The van der Waals surface area contributed by atoms with Crippen LogP contribution in [-0.2, 0) is 0 Å². The number of hydrogen-bond acceptors (Lipinski definition) is 8. The monoisotopic (exact) mass is 1090 g/mol. The van der Waals surface area contributed by atoms with E-state index in [-0.39, 0.29) is 17.2 Å². The molecule has 0 fully saturated rings. The van der Waals surface area contributed by atoms with Crippen LogP contribution >= 0.6 is 0 Å². The zero-order valence-corrected chi connectivity index (χ0v) is 45.5. The molecule has 0 aliphatic rings. The van der Waals surface area contributed by atoms with E-state index in [4.69, 9.17) is 34.3 Å². The number of fused-ring (bicyclic) bond motifs is 7. The molecule has 16 aromatic rings. The van der Waals surface area contributed by atoms with E-state index in [1.54, 1.807) is 0 Å². The first kappa shape index (κ1) is 49.1. The van der Waals surface area contributed by atoms with E-state index in [1.165, 1.54) is 21.5 Å². The molecule has 0 saturated carbocycles. The Bertz CT molecular complexity index is 5070. The number of aromatic nitrogens is 8. The molecule has 0 spiro atoms. The summed E-state index contributed by atoms with van der Waals surface area (Å²) in [5.74, 6) is 1.89. The average molecular weight is 1090 g/mol. The highest BCUT2D eigenvalue weighted by Crippen LogP contribution is 2.45.